The Labute approximate surface area is 103 Å². The Morgan fingerprint density at radius 2 is 2.18 bits per heavy atom. The number of aryl methyl sites for hydroxylation is 2. The molecule has 17 heavy (non-hydrogen) atoms. The molecule has 2 N–H and O–H groups in total. The molecule has 1 aromatic heterocycles. The average Bonchev–Trinajstić information content (AvgIpc) is 2.58. The van der Waals surface area contributed by atoms with E-state index >= 15 is 0 Å². The van der Waals surface area contributed by atoms with Crippen LogP contribution in [0.3, 0.4) is 0 Å². The molecule has 0 radical (unpaired) electrons. The number of rotatable bonds is 3. The quantitative estimate of drug-likeness (QED) is 0.849. The van der Waals surface area contributed by atoms with Gasteiger partial charge < -0.3 is 14.8 Å². The molecule has 0 spiro atoms. The highest BCUT2D eigenvalue weighted by Crippen LogP contribution is 2.25. The number of aliphatic hydroxyl groups excluding tert-OH is 1. The zero-order chi connectivity index (χ0) is 12.4. The normalized spacial score (nSPS) is 27.1. The third kappa shape index (κ3) is 3.11. The highest BCUT2D eigenvalue weighted by molar-refractivity contribution is 5.23. The number of aliphatic hydroxyl groups is 1. The maximum Gasteiger partial charge on any atom is 0.105 e. The molecule has 0 bridgehead atoms. The molecule has 0 aromatic carbocycles. The van der Waals surface area contributed by atoms with Gasteiger partial charge in [-0.05, 0) is 52.5 Å². The number of hydrogen-bond acceptors (Lipinski definition) is 3. The Kier molecular flexibility index (Phi) is 3.89. The van der Waals surface area contributed by atoms with Crippen LogP contribution in [0.1, 0.15) is 55.7 Å². The van der Waals surface area contributed by atoms with Crippen LogP contribution in [0.25, 0.3) is 0 Å². The second-order valence-corrected chi connectivity index (χ2v) is 5.27. The van der Waals surface area contributed by atoms with E-state index in [0.29, 0.717) is 12.1 Å². The molecule has 1 saturated carbocycles. The zero-order valence-electron chi connectivity index (χ0n) is 11.0. The van der Waals surface area contributed by atoms with E-state index in [1.807, 2.05) is 13.8 Å². The summed E-state index contributed by atoms with van der Waals surface area (Å²) in [6, 6.07) is 2.83. The highest BCUT2D eigenvalue weighted by Gasteiger charge is 2.22. The van der Waals surface area contributed by atoms with Gasteiger partial charge in [0.05, 0.1) is 6.10 Å². The van der Waals surface area contributed by atoms with Gasteiger partial charge in [-0.1, -0.05) is 0 Å². The molecule has 1 aliphatic carbocycles. The first kappa shape index (κ1) is 12.7. The smallest absolute Gasteiger partial charge is 0.105 e. The van der Waals surface area contributed by atoms with E-state index in [9.17, 15) is 5.11 Å². The van der Waals surface area contributed by atoms with Crippen LogP contribution in [0.15, 0.2) is 10.5 Å². The number of hydrogen-bond donors (Lipinski definition) is 2. The summed E-state index contributed by atoms with van der Waals surface area (Å²) in [4.78, 5) is 0. The fourth-order valence-corrected chi connectivity index (χ4v) is 2.84. The molecule has 1 fully saturated rings. The largest absolute Gasteiger partial charge is 0.466 e. The van der Waals surface area contributed by atoms with Crippen LogP contribution in [0.2, 0.25) is 0 Å². The van der Waals surface area contributed by atoms with E-state index in [4.69, 9.17) is 4.42 Å². The van der Waals surface area contributed by atoms with Gasteiger partial charge in [-0.2, -0.15) is 0 Å². The predicted molar refractivity (Wildman–Crippen MR) is 68.0 cm³/mol. The van der Waals surface area contributed by atoms with Gasteiger partial charge in [0.25, 0.3) is 0 Å². The summed E-state index contributed by atoms with van der Waals surface area (Å²) in [7, 11) is 0. The summed E-state index contributed by atoms with van der Waals surface area (Å²) in [5.41, 5.74) is 1.24. The molecule has 2 rings (SSSR count). The lowest BCUT2D eigenvalue weighted by Gasteiger charge is -2.29. The van der Waals surface area contributed by atoms with Crippen molar-refractivity contribution in [1.82, 2.24) is 5.32 Å². The molecule has 3 nitrogen and oxygen atoms in total. The Morgan fingerprint density at radius 1 is 1.41 bits per heavy atom. The van der Waals surface area contributed by atoms with Crippen molar-refractivity contribution in [1.29, 1.82) is 0 Å². The lowest BCUT2D eigenvalue weighted by atomic mass is 9.92. The second kappa shape index (κ2) is 5.23. The van der Waals surface area contributed by atoms with Gasteiger partial charge in [-0.3, -0.25) is 0 Å². The van der Waals surface area contributed by atoms with E-state index in [-0.39, 0.29) is 6.10 Å². The van der Waals surface area contributed by atoms with Gasteiger partial charge in [0, 0.05) is 17.6 Å². The molecule has 1 aliphatic rings. The van der Waals surface area contributed by atoms with Crippen LogP contribution in [-0.4, -0.2) is 17.3 Å². The van der Waals surface area contributed by atoms with Gasteiger partial charge in [0.2, 0.25) is 0 Å². The van der Waals surface area contributed by atoms with E-state index in [1.165, 1.54) is 5.56 Å². The Morgan fingerprint density at radius 3 is 2.76 bits per heavy atom. The van der Waals surface area contributed by atoms with Crippen LogP contribution in [0.5, 0.6) is 0 Å². The highest BCUT2D eigenvalue weighted by atomic mass is 16.3. The van der Waals surface area contributed by atoms with Gasteiger partial charge in [0.15, 0.2) is 0 Å². The molecule has 1 heterocycles. The van der Waals surface area contributed by atoms with E-state index in [1.54, 1.807) is 0 Å². The molecule has 3 atom stereocenters. The summed E-state index contributed by atoms with van der Waals surface area (Å²) in [6.07, 6.45) is 3.99. The summed E-state index contributed by atoms with van der Waals surface area (Å²) in [5.74, 6) is 1.97. The van der Waals surface area contributed by atoms with Crippen LogP contribution in [-0.2, 0) is 0 Å². The van der Waals surface area contributed by atoms with E-state index in [0.717, 1.165) is 37.2 Å². The van der Waals surface area contributed by atoms with Crippen molar-refractivity contribution >= 4 is 0 Å². The van der Waals surface area contributed by atoms with E-state index in [2.05, 4.69) is 18.3 Å². The van der Waals surface area contributed by atoms with Crippen molar-refractivity contribution in [2.75, 3.05) is 0 Å². The minimum atomic E-state index is -0.124. The zero-order valence-corrected chi connectivity index (χ0v) is 11.0. The van der Waals surface area contributed by atoms with Crippen LogP contribution < -0.4 is 5.32 Å². The van der Waals surface area contributed by atoms with Gasteiger partial charge in [-0.25, -0.2) is 0 Å². The Bertz CT molecular complexity index is 372. The van der Waals surface area contributed by atoms with Gasteiger partial charge in [0.1, 0.15) is 11.5 Å². The molecule has 96 valence electrons. The summed E-state index contributed by atoms with van der Waals surface area (Å²) < 4.78 is 5.56. The van der Waals surface area contributed by atoms with Crippen molar-refractivity contribution in [3.05, 3.63) is 23.2 Å². The number of furan rings is 1. The minimum absolute atomic E-state index is 0.124. The van der Waals surface area contributed by atoms with E-state index < -0.39 is 0 Å². The molecule has 0 aliphatic heterocycles. The molecule has 0 saturated heterocycles. The fraction of sp³-hybridized carbons (Fsp3) is 0.714. The third-order valence-electron chi connectivity index (χ3n) is 3.68. The summed E-state index contributed by atoms with van der Waals surface area (Å²) in [6.45, 7) is 6.15. The topological polar surface area (TPSA) is 45.4 Å². The first-order chi connectivity index (χ1) is 8.06. The van der Waals surface area contributed by atoms with Crippen molar-refractivity contribution in [2.45, 2.75) is 64.6 Å². The van der Waals surface area contributed by atoms with Crippen LogP contribution in [0, 0.1) is 13.8 Å². The summed E-state index contributed by atoms with van der Waals surface area (Å²) in [5, 5.41) is 13.3. The molecule has 1 aromatic rings. The average molecular weight is 237 g/mol. The van der Waals surface area contributed by atoms with Crippen molar-refractivity contribution in [3.63, 3.8) is 0 Å². The summed E-state index contributed by atoms with van der Waals surface area (Å²) >= 11 is 0. The van der Waals surface area contributed by atoms with Crippen molar-refractivity contribution < 1.29 is 9.52 Å². The van der Waals surface area contributed by atoms with Crippen molar-refractivity contribution in [3.8, 4) is 0 Å². The predicted octanol–water partition coefficient (Wildman–Crippen LogP) is 2.85. The molecule has 0 amide bonds. The van der Waals surface area contributed by atoms with Crippen LogP contribution >= 0.6 is 0 Å². The molecular weight excluding hydrogens is 214 g/mol. The number of nitrogens with one attached hydrogen (secondary N) is 1. The first-order valence-electron chi connectivity index (χ1n) is 6.57. The lowest BCUT2D eigenvalue weighted by molar-refractivity contribution is 0.109. The van der Waals surface area contributed by atoms with Gasteiger partial charge in [-0.15, -0.1) is 0 Å². The van der Waals surface area contributed by atoms with Crippen molar-refractivity contribution in [2.24, 2.45) is 0 Å². The molecule has 3 heteroatoms. The second-order valence-electron chi connectivity index (χ2n) is 5.27. The maximum absolute atomic E-state index is 9.66. The van der Waals surface area contributed by atoms with Crippen LogP contribution in [0.4, 0.5) is 0 Å². The molecule has 3 unspecified atom stereocenters. The Hall–Kier alpha value is -0.800. The molecular formula is C14H23NO2. The standard InChI is InChI=1S/C14H23NO2/c1-9-7-14(11(3)17-9)10(2)15-12-5-4-6-13(16)8-12/h7,10,12-13,15-16H,4-6,8H2,1-3H3. The maximum atomic E-state index is 9.66. The first-order valence-corrected chi connectivity index (χ1v) is 6.57. The lowest BCUT2D eigenvalue weighted by Crippen LogP contribution is -2.37. The third-order valence-corrected chi connectivity index (χ3v) is 3.68. The fourth-order valence-electron chi connectivity index (χ4n) is 2.84. The monoisotopic (exact) mass is 237 g/mol. The SMILES string of the molecule is Cc1cc(C(C)NC2CCCC(O)C2)c(C)o1. The minimum Gasteiger partial charge on any atom is -0.466 e. The Balaban J connectivity index is 1.96. The van der Waals surface area contributed by atoms with Gasteiger partial charge >= 0.3 is 0 Å².